The molecule has 130 valence electrons. The Hall–Kier alpha value is -1.19. The predicted molar refractivity (Wildman–Crippen MR) is 94.2 cm³/mol. The van der Waals surface area contributed by atoms with E-state index in [0.29, 0.717) is 18.4 Å². The first-order valence-corrected chi connectivity index (χ1v) is 7.29. The van der Waals surface area contributed by atoms with Crippen molar-refractivity contribution in [2.24, 2.45) is 10.7 Å². The van der Waals surface area contributed by atoms with Crippen molar-refractivity contribution in [1.29, 1.82) is 0 Å². The van der Waals surface area contributed by atoms with E-state index in [-0.39, 0.29) is 36.3 Å². The van der Waals surface area contributed by atoms with Gasteiger partial charge in [-0.15, -0.1) is 24.0 Å². The van der Waals surface area contributed by atoms with Gasteiger partial charge in [-0.3, -0.25) is 0 Å². The molecule has 1 aromatic rings. The monoisotopic (exact) mass is 443 g/mol. The number of nitrogens with zero attached hydrogens (tertiary/aromatic N) is 1. The van der Waals surface area contributed by atoms with Gasteiger partial charge in [-0.2, -0.15) is 13.2 Å². The van der Waals surface area contributed by atoms with Gasteiger partial charge >= 0.3 is 6.18 Å². The molecule has 1 unspecified atom stereocenters. The summed E-state index contributed by atoms with van der Waals surface area (Å²) >= 11 is 0. The molecule has 1 atom stereocenters. The molecule has 0 heterocycles. The highest BCUT2D eigenvalue weighted by molar-refractivity contribution is 14.0. The molecule has 0 saturated heterocycles. The van der Waals surface area contributed by atoms with E-state index in [1.165, 1.54) is 18.2 Å². The maximum atomic E-state index is 12.9. The third kappa shape index (κ3) is 6.44. The highest BCUT2D eigenvalue weighted by Gasteiger charge is 2.34. The van der Waals surface area contributed by atoms with Gasteiger partial charge in [0.1, 0.15) is 11.9 Å². The van der Waals surface area contributed by atoms with Gasteiger partial charge in [0.2, 0.25) is 0 Å². The van der Waals surface area contributed by atoms with Crippen LogP contribution in [0, 0.1) is 0 Å². The van der Waals surface area contributed by atoms with E-state index in [1.54, 1.807) is 0 Å². The number of ether oxygens (including phenoxy) is 1. The van der Waals surface area contributed by atoms with Crippen LogP contribution in [-0.2, 0) is 6.18 Å². The number of benzene rings is 1. The second-order valence-corrected chi connectivity index (χ2v) is 5.29. The van der Waals surface area contributed by atoms with Crippen molar-refractivity contribution < 1.29 is 17.9 Å². The first kappa shape index (κ1) is 19.9. The van der Waals surface area contributed by atoms with E-state index in [4.69, 9.17) is 10.5 Å². The van der Waals surface area contributed by atoms with E-state index in [1.807, 2.05) is 6.92 Å². The Bertz CT molecular complexity index is 533. The number of halogens is 4. The van der Waals surface area contributed by atoms with Crippen LogP contribution in [0.2, 0.25) is 0 Å². The minimum atomic E-state index is -4.44. The van der Waals surface area contributed by atoms with Crippen molar-refractivity contribution in [2.45, 2.75) is 44.5 Å². The molecule has 23 heavy (non-hydrogen) atoms. The van der Waals surface area contributed by atoms with Gasteiger partial charge in [-0.25, -0.2) is 4.99 Å². The Morgan fingerprint density at radius 3 is 2.61 bits per heavy atom. The molecule has 8 heteroatoms. The lowest BCUT2D eigenvalue weighted by atomic mass is 10.2. The largest absolute Gasteiger partial charge is 0.488 e. The highest BCUT2D eigenvalue weighted by Crippen LogP contribution is 2.36. The van der Waals surface area contributed by atoms with E-state index in [0.717, 1.165) is 18.9 Å². The standard InChI is InChI=1S/C15H20F3N3O.HI/c1-2-11(9-20-14(19)21-10-7-8-10)22-13-6-4-3-5-12(13)15(16,17)18;/h3-6,10-11H,2,7-9H2,1H3,(H3,19,20,21);1H. The van der Waals surface area contributed by atoms with Crippen molar-refractivity contribution in [3.05, 3.63) is 29.8 Å². The van der Waals surface area contributed by atoms with Gasteiger partial charge in [0.25, 0.3) is 0 Å². The summed E-state index contributed by atoms with van der Waals surface area (Å²) in [5.74, 6) is 0.138. The van der Waals surface area contributed by atoms with Gasteiger partial charge in [-0.1, -0.05) is 19.1 Å². The first-order chi connectivity index (χ1) is 10.4. The summed E-state index contributed by atoms with van der Waals surface area (Å²) in [5, 5.41) is 3.02. The fraction of sp³-hybridized carbons (Fsp3) is 0.533. The second-order valence-electron chi connectivity index (χ2n) is 5.29. The minimum absolute atomic E-state index is 0. The number of para-hydroxylation sites is 1. The van der Waals surface area contributed by atoms with Crippen LogP contribution in [0.3, 0.4) is 0 Å². The van der Waals surface area contributed by atoms with Crippen molar-refractivity contribution in [3.8, 4) is 5.75 Å². The molecular formula is C15H21F3IN3O. The number of alkyl halides is 3. The summed E-state index contributed by atoms with van der Waals surface area (Å²) in [6.45, 7) is 2.05. The SMILES string of the molecule is CCC(CN=C(N)NC1CC1)Oc1ccccc1C(F)(F)F.I. The molecule has 1 aliphatic carbocycles. The smallest absolute Gasteiger partial charge is 0.419 e. The van der Waals surface area contributed by atoms with Crippen LogP contribution in [0.4, 0.5) is 13.2 Å². The maximum Gasteiger partial charge on any atom is 0.419 e. The second kappa shape index (κ2) is 8.60. The number of nitrogens with two attached hydrogens (primary N) is 1. The Balaban J connectivity index is 0.00000264. The Morgan fingerprint density at radius 2 is 2.04 bits per heavy atom. The fourth-order valence-electron chi connectivity index (χ4n) is 1.92. The lowest BCUT2D eigenvalue weighted by molar-refractivity contribution is -0.139. The number of hydrogen-bond acceptors (Lipinski definition) is 2. The van der Waals surface area contributed by atoms with E-state index in [2.05, 4.69) is 10.3 Å². The lowest BCUT2D eigenvalue weighted by Crippen LogP contribution is -2.34. The van der Waals surface area contributed by atoms with Crippen LogP contribution in [0.25, 0.3) is 0 Å². The zero-order chi connectivity index (χ0) is 16.2. The van der Waals surface area contributed by atoms with E-state index >= 15 is 0 Å². The average Bonchev–Trinajstić information content (AvgIpc) is 3.26. The summed E-state index contributed by atoms with van der Waals surface area (Å²) in [4.78, 5) is 4.14. The van der Waals surface area contributed by atoms with Crippen LogP contribution >= 0.6 is 24.0 Å². The molecule has 1 fully saturated rings. The fourth-order valence-corrected chi connectivity index (χ4v) is 1.92. The first-order valence-electron chi connectivity index (χ1n) is 7.29. The summed E-state index contributed by atoms with van der Waals surface area (Å²) in [6, 6.07) is 5.57. The van der Waals surface area contributed by atoms with Gasteiger partial charge in [0, 0.05) is 6.04 Å². The van der Waals surface area contributed by atoms with Crippen LogP contribution in [-0.4, -0.2) is 24.7 Å². The normalized spacial score (nSPS) is 16.4. The molecule has 1 aliphatic rings. The number of guanidine groups is 1. The number of hydrogen-bond donors (Lipinski definition) is 2. The van der Waals surface area contributed by atoms with E-state index in [9.17, 15) is 13.2 Å². The molecule has 0 aromatic heterocycles. The molecule has 2 rings (SSSR count). The van der Waals surface area contributed by atoms with Gasteiger partial charge in [0.15, 0.2) is 5.96 Å². The van der Waals surface area contributed by atoms with Crippen LogP contribution < -0.4 is 15.8 Å². The summed E-state index contributed by atoms with van der Waals surface area (Å²) in [5.41, 5.74) is 4.94. The van der Waals surface area contributed by atoms with Crippen molar-refractivity contribution in [2.75, 3.05) is 6.54 Å². The number of nitrogens with one attached hydrogen (secondary N) is 1. The molecule has 0 spiro atoms. The van der Waals surface area contributed by atoms with Crippen LogP contribution in [0.5, 0.6) is 5.75 Å². The molecule has 0 aliphatic heterocycles. The molecule has 1 saturated carbocycles. The zero-order valence-electron chi connectivity index (χ0n) is 12.8. The molecular weight excluding hydrogens is 422 g/mol. The third-order valence-corrected chi connectivity index (χ3v) is 3.34. The summed E-state index contributed by atoms with van der Waals surface area (Å²) < 4.78 is 44.3. The average molecular weight is 443 g/mol. The molecule has 4 nitrogen and oxygen atoms in total. The van der Waals surface area contributed by atoms with Crippen molar-refractivity contribution in [3.63, 3.8) is 0 Å². The van der Waals surface area contributed by atoms with Gasteiger partial charge < -0.3 is 15.8 Å². The van der Waals surface area contributed by atoms with Crippen molar-refractivity contribution in [1.82, 2.24) is 5.32 Å². The van der Waals surface area contributed by atoms with Crippen LogP contribution in [0.15, 0.2) is 29.3 Å². The maximum absolute atomic E-state index is 12.9. The molecule has 3 N–H and O–H groups in total. The summed E-state index contributed by atoms with van der Waals surface area (Å²) in [7, 11) is 0. The number of rotatable bonds is 6. The molecule has 0 radical (unpaired) electrons. The third-order valence-electron chi connectivity index (χ3n) is 3.34. The topological polar surface area (TPSA) is 59.6 Å². The lowest BCUT2D eigenvalue weighted by Gasteiger charge is -2.19. The summed E-state index contributed by atoms with van der Waals surface area (Å²) in [6.07, 6.45) is -2.22. The Morgan fingerprint density at radius 1 is 1.39 bits per heavy atom. The van der Waals surface area contributed by atoms with Gasteiger partial charge in [0.05, 0.1) is 12.1 Å². The van der Waals surface area contributed by atoms with E-state index < -0.39 is 17.8 Å². The predicted octanol–water partition coefficient (Wildman–Crippen LogP) is 3.55. The number of aliphatic imine (C=N–C) groups is 1. The van der Waals surface area contributed by atoms with Crippen LogP contribution in [0.1, 0.15) is 31.7 Å². The zero-order valence-corrected chi connectivity index (χ0v) is 15.1. The molecule has 0 bridgehead atoms. The minimum Gasteiger partial charge on any atom is -0.488 e. The Labute approximate surface area is 150 Å². The Kier molecular flexibility index (Phi) is 7.43. The van der Waals surface area contributed by atoms with Crippen molar-refractivity contribution >= 4 is 29.9 Å². The highest BCUT2D eigenvalue weighted by atomic mass is 127. The quantitative estimate of drug-likeness (QED) is 0.402. The molecule has 1 aromatic carbocycles. The molecule has 0 amide bonds. The van der Waals surface area contributed by atoms with Gasteiger partial charge in [-0.05, 0) is 31.4 Å².